The summed E-state index contributed by atoms with van der Waals surface area (Å²) in [7, 11) is 0. The summed E-state index contributed by atoms with van der Waals surface area (Å²) in [5.41, 5.74) is 0. The molecule has 86 valence electrons. The average Bonchev–Trinajstić information content (AvgIpc) is 2.19. The van der Waals surface area contributed by atoms with E-state index in [2.05, 4.69) is 32.6 Å². The van der Waals surface area contributed by atoms with E-state index in [1.54, 1.807) is 0 Å². The first-order valence-corrected chi connectivity index (χ1v) is 6.04. The Labute approximate surface area is 89.3 Å². The minimum absolute atomic E-state index is 0.285. The van der Waals surface area contributed by atoms with E-state index in [9.17, 15) is 0 Å². The van der Waals surface area contributed by atoms with E-state index < -0.39 is 0 Å². The Morgan fingerprint density at radius 2 is 1.64 bits per heavy atom. The number of aliphatic hydroxyl groups is 1. The smallest absolute Gasteiger partial charge is 0.0558 e. The van der Waals surface area contributed by atoms with E-state index in [1.807, 2.05) is 0 Å². The zero-order valence-corrected chi connectivity index (χ0v) is 10.3. The fourth-order valence-corrected chi connectivity index (χ4v) is 1.89. The largest absolute Gasteiger partial charge is 0.395 e. The highest BCUT2D eigenvalue weighted by Gasteiger charge is 2.16. The van der Waals surface area contributed by atoms with Crippen molar-refractivity contribution in [2.45, 2.75) is 53.0 Å². The Bertz CT molecular complexity index is 123. The second kappa shape index (κ2) is 8.25. The van der Waals surface area contributed by atoms with Crippen LogP contribution in [0, 0.1) is 5.92 Å². The van der Waals surface area contributed by atoms with Gasteiger partial charge in [0, 0.05) is 19.1 Å². The summed E-state index contributed by atoms with van der Waals surface area (Å²) < 4.78 is 0. The zero-order chi connectivity index (χ0) is 11.0. The van der Waals surface area contributed by atoms with Gasteiger partial charge in [0.25, 0.3) is 0 Å². The lowest BCUT2D eigenvalue weighted by atomic mass is 10.1. The average molecular weight is 201 g/mol. The van der Waals surface area contributed by atoms with Crippen LogP contribution in [0.15, 0.2) is 0 Å². The van der Waals surface area contributed by atoms with Crippen molar-refractivity contribution < 1.29 is 5.11 Å². The van der Waals surface area contributed by atoms with Gasteiger partial charge in [-0.1, -0.05) is 34.1 Å². The number of nitrogens with zero attached hydrogens (tertiary/aromatic N) is 1. The normalized spacial score (nSPS) is 13.9. The fourth-order valence-electron chi connectivity index (χ4n) is 1.89. The summed E-state index contributed by atoms with van der Waals surface area (Å²) in [6, 6.07) is 0.649. The Morgan fingerprint density at radius 3 is 2.00 bits per heavy atom. The summed E-state index contributed by atoms with van der Waals surface area (Å²) >= 11 is 0. The van der Waals surface area contributed by atoms with Gasteiger partial charge in [0.05, 0.1) is 6.61 Å². The second-order valence-corrected chi connectivity index (χ2v) is 4.20. The van der Waals surface area contributed by atoms with Crippen LogP contribution in [0.2, 0.25) is 0 Å². The molecule has 2 nitrogen and oxygen atoms in total. The van der Waals surface area contributed by atoms with Crippen molar-refractivity contribution in [3.8, 4) is 0 Å². The molecule has 0 spiro atoms. The molecule has 1 atom stereocenters. The van der Waals surface area contributed by atoms with Crippen LogP contribution in [0.1, 0.15) is 47.0 Å². The van der Waals surface area contributed by atoms with Crippen LogP contribution in [0.25, 0.3) is 0 Å². The van der Waals surface area contributed by atoms with Gasteiger partial charge in [-0.15, -0.1) is 0 Å². The highest BCUT2D eigenvalue weighted by Crippen LogP contribution is 2.12. The van der Waals surface area contributed by atoms with Crippen LogP contribution in [-0.2, 0) is 0 Å². The standard InChI is InChI=1S/C12H27NO/c1-5-11(4)10-13(8-9-14)12(6-2)7-3/h11-12,14H,5-10H2,1-4H3. The van der Waals surface area contributed by atoms with E-state index in [4.69, 9.17) is 5.11 Å². The van der Waals surface area contributed by atoms with Gasteiger partial charge in [0.15, 0.2) is 0 Å². The van der Waals surface area contributed by atoms with E-state index in [1.165, 1.54) is 19.3 Å². The Balaban J connectivity index is 4.10. The third-order valence-corrected chi connectivity index (χ3v) is 3.09. The molecule has 0 fully saturated rings. The number of rotatable bonds is 8. The predicted molar refractivity (Wildman–Crippen MR) is 62.5 cm³/mol. The van der Waals surface area contributed by atoms with Gasteiger partial charge in [-0.3, -0.25) is 4.90 Å². The number of hydrogen-bond acceptors (Lipinski definition) is 2. The van der Waals surface area contributed by atoms with Gasteiger partial charge in [-0.25, -0.2) is 0 Å². The van der Waals surface area contributed by atoms with Crippen molar-refractivity contribution in [3.63, 3.8) is 0 Å². The molecule has 0 heterocycles. The van der Waals surface area contributed by atoms with Crippen molar-refractivity contribution in [1.82, 2.24) is 4.90 Å². The molecule has 0 aromatic rings. The molecule has 0 bridgehead atoms. The van der Waals surface area contributed by atoms with Gasteiger partial charge in [-0.05, 0) is 18.8 Å². The van der Waals surface area contributed by atoms with Crippen LogP contribution < -0.4 is 0 Å². The van der Waals surface area contributed by atoms with Crippen molar-refractivity contribution in [2.75, 3.05) is 19.7 Å². The highest BCUT2D eigenvalue weighted by atomic mass is 16.3. The van der Waals surface area contributed by atoms with Crippen LogP contribution >= 0.6 is 0 Å². The Hall–Kier alpha value is -0.0800. The molecule has 0 aliphatic rings. The Kier molecular flexibility index (Phi) is 8.20. The molecule has 0 aliphatic carbocycles. The highest BCUT2D eigenvalue weighted by molar-refractivity contribution is 4.70. The molecule has 2 heteroatoms. The topological polar surface area (TPSA) is 23.5 Å². The molecule has 0 aromatic carbocycles. The van der Waals surface area contributed by atoms with Crippen LogP contribution in [0.4, 0.5) is 0 Å². The summed E-state index contributed by atoms with van der Waals surface area (Å²) in [5.74, 6) is 0.738. The minimum atomic E-state index is 0.285. The third-order valence-electron chi connectivity index (χ3n) is 3.09. The maximum Gasteiger partial charge on any atom is 0.0558 e. The molecule has 0 saturated heterocycles. The number of hydrogen-bond donors (Lipinski definition) is 1. The first kappa shape index (κ1) is 13.9. The molecule has 0 amide bonds. The lowest BCUT2D eigenvalue weighted by molar-refractivity contribution is 0.126. The van der Waals surface area contributed by atoms with Gasteiger partial charge in [0.1, 0.15) is 0 Å². The Morgan fingerprint density at radius 1 is 1.07 bits per heavy atom. The molecule has 14 heavy (non-hydrogen) atoms. The quantitative estimate of drug-likeness (QED) is 0.652. The van der Waals surface area contributed by atoms with Crippen LogP contribution in [-0.4, -0.2) is 35.7 Å². The van der Waals surface area contributed by atoms with E-state index in [0.29, 0.717) is 6.04 Å². The van der Waals surface area contributed by atoms with E-state index >= 15 is 0 Å². The van der Waals surface area contributed by atoms with E-state index in [0.717, 1.165) is 19.0 Å². The van der Waals surface area contributed by atoms with Crippen molar-refractivity contribution >= 4 is 0 Å². The molecule has 1 N–H and O–H groups in total. The van der Waals surface area contributed by atoms with Crippen LogP contribution in [0.3, 0.4) is 0 Å². The lowest BCUT2D eigenvalue weighted by Crippen LogP contribution is -2.39. The first-order valence-electron chi connectivity index (χ1n) is 6.04. The molecule has 0 aromatic heterocycles. The predicted octanol–water partition coefficient (Wildman–Crippen LogP) is 2.52. The molecule has 0 rings (SSSR count). The van der Waals surface area contributed by atoms with Crippen molar-refractivity contribution in [3.05, 3.63) is 0 Å². The molecule has 0 radical (unpaired) electrons. The second-order valence-electron chi connectivity index (χ2n) is 4.20. The maximum atomic E-state index is 9.02. The molecular weight excluding hydrogens is 174 g/mol. The van der Waals surface area contributed by atoms with E-state index in [-0.39, 0.29) is 6.61 Å². The van der Waals surface area contributed by atoms with Crippen LogP contribution in [0.5, 0.6) is 0 Å². The summed E-state index contributed by atoms with van der Waals surface area (Å²) in [4.78, 5) is 2.44. The molecule has 0 aliphatic heterocycles. The van der Waals surface area contributed by atoms with Gasteiger partial charge in [-0.2, -0.15) is 0 Å². The third kappa shape index (κ3) is 4.97. The van der Waals surface area contributed by atoms with Gasteiger partial charge < -0.3 is 5.11 Å². The van der Waals surface area contributed by atoms with Crippen molar-refractivity contribution in [2.24, 2.45) is 5.92 Å². The SMILES string of the molecule is CCC(C)CN(CCO)C(CC)CC. The van der Waals surface area contributed by atoms with Gasteiger partial charge in [0.2, 0.25) is 0 Å². The number of aliphatic hydroxyl groups excluding tert-OH is 1. The fraction of sp³-hybridized carbons (Fsp3) is 1.00. The monoisotopic (exact) mass is 201 g/mol. The summed E-state index contributed by atoms with van der Waals surface area (Å²) in [6.45, 7) is 11.2. The summed E-state index contributed by atoms with van der Waals surface area (Å²) in [6.07, 6.45) is 3.60. The maximum absolute atomic E-state index is 9.02. The molecule has 0 saturated carbocycles. The molecule has 1 unspecified atom stereocenters. The zero-order valence-electron chi connectivity index (χ0n) is 10.3. The molecular formula is C12H27NO. The van der Waals surface area contributed by atoms with Gasteiger partial charge >= 0.3 is 0 Å². The minimum Gasteiger partial charge on any atom is -0.395 e. The summed E-state index contributed by atoms with van der Waals surface area (Å²) in [5, 5.41) is 9.02. The lowest BCUT2D eigenvalue weighted by Gasteiger charge is -2.31. The van der Waals surface area contributed by atoms with Crippen molar-refractivity contribution in [1.29, 1.82) is 0 Å². The first-order chi connectivity index (χ1) is 6.69.